The van der Waals surface area contributed by atoms with Crippen LogP contribution >= 0.6 is 11.3 Å². The molecule has 0 bridgehead atoms. The molecule has 0 fully saturated rings. The van der Waals surface area contributed by atoms with Gasteiger partial charge in [0.15, 0.2) is 0 Å². The van der Waals surface area contributed by atoms with Crippen LogP contribution in [0.3, 0.4) is 0 Å². The summed E-state index contributed by atoms with van der Waals surface area (Å²) in [5.41, 5.74) is 1.44. The van der Waals surface area contributed by atoms with Crippen molar-refractivity contribution in [1.82, 2.24) is 0 Å². The Labute approximate surface area is 76.6 Å². The number of hydrogen-bond acceptors (Lipinski definition) is 1. The summed E-state index contributed by atoms with van der Waals surface area (Å²) < 4.78 is 1.41. The maximum Gasteiger partial charge on any atom is 0.0342 e. The van der Waals surface area contributed by atoms with Crippen LogP contribution in [-0.4, -0.2) is 0 Å². The van der Waals surface area contributed by atoms with E-state index < -0.39 is 0 Å². The van der Waals surface area contributed by atoms with Gasteiger partial charge in [-0.15, -0.1) is 11.3 Å². The van der Waals surface area contributed by atoms with Crippen molar-refractivity contribution in [2.75, 3.05) is 0 Å². The molecular weight excluding hydrogens is 164 g/mol. The second-order valence-corrected chi connectivity index (χ2v) is 4.55. The van der Waals surface area contributed by atoms with E-state index in [4.69, 9.17) is 0 Å². The van der Waals surface area contributed by atoms with Gasteiger partial charge in [-0.3, -0.25) is 0 Å². The van der Waals surface area contributed by atoms with E-state index in [1.54, 1.807) is 0 Å². The number of aryl methyl sites for hydroxylation is 1. The third kappa shape index (κ3) is 1.37. The second kappa shape index (κ2) is 2.91. The van der Waals surface area contributed by atoms with E-state index >= 15 is 0 Å². The maximum atomic E-state index is 2.31. The minimum absolute atomic E-state index is 1.10. The predicted octanol–water partition coefficient (Wildman–Crippen LogP) is 1.97. The average molecular weight is 176 g/mol. The van der Waals surface area contributed by atoms with Crippen LogP contribution in [0.15, 0.2) is 17.7 Å². The molecule has 0 saturated heterocycles. The maximum absolute atomic E-state index is 2.31. The fourth-order valence-electron chi connectivity index (χ4n) is 1.40. The molecule has 0 aromatic carbocycles. The Morgan fingerprint density at radius 3 is 2.92 bits per heavy atom. The first-order valence-corrected chi connectivity index (χ1v) is 5.01. The van der Waals surface area contributed by atoms with Crippen LogP contribution in [0.1, 0.15) is 18.2 Å². The van der Waals surface area contributed by atoms with E-state index in [1.165, 1.54) is 20.2 Å². The molecule has 1 heteroatoms. The van der Waals surface area contributed by atoms with Crippen LogP contribution in [0.4, 0.5) is 0 Å². The summed E-state index contributed by atoms with van der Waals surface area (Å²) in [6.45, 7) is 4.34. The smallest absolute Gasteiger partial charge is 0.0342 e. The zero-order valence-corrected chi connectivity index (χ0v) is 8.24. The topological polar surface area (TPSA) is 0 Å². The molecule has 0 nitrogen and oxygen atoms in total. The lowest BCUT2D eigenvalue weighted by atomic mass is 10.2. The molecule has 0 spiro atoms. The van der Waals surface area contributed by atoms with Crippen molar-refractivity contribution in [3.05, 3.63) is 32.3 Å². The molecule has 1 aliphatic carbocycles. The minimum Gasteiger partial charge on any atom is -0.141 e. The van der Waals surface area contributed by atoms with Crippen LogP contribution in [-0.2, 0) is 0 Å². The Balaban J connectivity index is 2.70. The highest BCUT2D eigenvalue weighted by molar-refractivity contribution is 7.09. The highest BCUT2D eigenvalue weighted by Crippen LogP contribution is 2.04. The number of hydrogen-bond donors (Lipinski definition) is 0. The molecule has 1 aromatic heterocycles. The molecular formula is C11H12S. The lowest BCUT2D eigenvalue weighted by Gasteiger charge is -1.87. The van der Waals surface area contributed by atoms with E-state index in [9.17, 15) is 0 Å². The van der Waals surface area contributed by atoms with E-state index in [2.05, 4.69) is 38.1 Å². The molecule has 0 unspecified atom stereocenters. The summed E-state index contributed by atoms with van der Waals surface area (Å²) in [6, 6.07) is 2.27. The van der Waals surface area contributed by atoms with Crippen molar-refractivity contribution in [3.8, 4) is 0 Å². The molecule has 0 atom stereocenters. The predicted molar refractivity (Wildman–Crippen MR) is 55.6 cm³/mol. The van der Waals surface area contributed by atoms with E-state index in [-0.39, 0.29) is 0 Å². The quantitative estimate of drug-likeness (QED) is 0.567. The molecule has 1 aromatic rings. The standard InChI is InChI=1S/C11H12S/c1-8-3-5-10-7-9(2)12-11(10)6-4-8/h4-7H,3H2,1-2H3. The first-order valence-electron chi connectivity index (χ1n) is 4.20. The first-order chi connectivity index (χ1) is 5.75. The zero-order valence-electron chi connectivity index (χ0n) is 7.42. The molecule has 0 saturated carbocycles. The molecule has 1 aliphatic rings. The van der Waals surface area contributed by atoms with Crippen molar-refractivity contribution in [1.29, 1.82) is 0 Å². The van der Waals surface area contributed by atoms with Gasteiger partial charge in [0.25, 0.3) is 0 Å². The number of fused-ring (bicyclic) bond motifs is 1. The monoisotopic (exact) mass is 176 g/mol. The van der Waals surface area contributed by atoms with E-state index in [0.717, 1.165) is 6.42 Å². The van der Waals surface area contributed by atoms with Gasteiger partial charge in [0.2, 0.25) is 0 Å². The van der Waals surface area contributed by atoms with Gasteiger partial charge in [0, 0.05) is 9.41 Å². The summed E-state index contributed by atoms with van der Waals surface area (Å²) in [5, 5.41) is 1.41. The molecule has 0 aliphatic heterocycles. The average Bonchev–Trinajstić information content (AvgIpc) is 2.31. The molecule has 0 radical (unpaired) electrons. The Morgan fingerprint density at radius 2 is 2.08 bits per heavy atom. The Morgan fingerprint density at radius 1 is 1.25 bits per heavy atom. The van der Waals surface area contributed by atoms with Crippen LogP contribution in [0, 0.1) is 6.92 Å². The normalized spacial score (nSPS) is 15.3. The fraction of sp³-hybridized carbons (Fsp3) is 0.273. The summed E-state index contributed by atoms with van der Waals surface area (Å²) in [6.07, 6.45) is 7.86. The highest BCUT2D eigenvalue weighted by atomic mass is 32.1. The number of rotatable bonds is 0. The van der Waals surface area contributed by atoms with Gasteiger partial charge in [-0.25, -0.2) is 0 Å². The summed E-state index contributed by atoms with van der Waals surface area (Å²) >= 11 is 1.87. The van der Waals surface area contributed by atoms with E-state index in [1.807, 2.05) is 11.3 Å². The third-order valence-corrected chi connectivity index (χ3v) is 3.11. The summed E-state index contributed by atoms with van der Waals surface area (Å²) in [5.74, 6) is 0. The highest BCUT2D eigenvalue weighted by Gasteiger charge is 1.95. The number of allylic oxidation sites excluding steroid dienone is 2. The van der Waals surface area contributed by atoms with Crippen LogP contribution in [0.25, 0.3) is 12.2 Å². The Hall–Kier alpha value is -0.820. The molecule has 0 N–H and O–H groups in total. The van der Waals surface area contributed by atoms with Crippen molar-refractivity contribution in [2.45, 2.75) is 20.3 Å². The van der Waals surface area contributed by atoms with Gasteiger partial charge in [0.1, 0.15) is 0 Å². The molecule has 12 heavy (non-hydrogen) atoms. The van der Waals surface area contributed by atoms with Crippen molar-refractivity contribution in [2.24, 2.45) is 0 Å². The summed E-state index contributed by atoms with van der Waals surface area (Å²) in [4.78, 5) is 1.40. The Kier molecular flexibility index (Phi) is 1.89. The third-order valence-electron chi connectivity index (χ3n) is 2.08. The van der Waals surface area contributed by atoms with Crippen LogP contribution in [0.5, 0.6) is 0 Å². The number of thiophene rings is 1. The van der Waals surface area contributed by atoms with Gasteiger partial charge in [-0.1, -0.05) is 17.7 Å². The molecule has 62 valence electrons. The fourth-order valence-corrected chi connectivity index (χ4v) is 2.33. The molecule has 0 amide bonds. The van der Waals surface area contributed by atoms with Crippen LogP contribution in [0.2, 0.25) is 0 Å². The molecule has 1 heterocycles. The zero-order chi connectivity index (χ0) is 8.55. The lowest BCUT2D eigenvalue weighted by molar-refractivity contribution is 1.27. The van der Waals surface area contributed by atoms with Gasteiger partial charge >= 0.3 is 0 Å². The summed E-state index contributed by atoms with van der Waals surface area (Å²) in [7, 11) is 0. The van der Waals surface area contributed by atoms with Gasteiger partial charge in [-0.05, 0) is 37.6 Å². The van der Waals surface area contributed by atoms with E-state index in [0.29, 0.717) is 0 Å². The SMILES string of the molecule is CC1=CC=c2sc(C)cc2=CC1. The van der Waals surface area contributed by atoms with Crippen molar-refractivity contribution >= 4 is 23.5 Å². The van der Waals surface area contributed by atoms with Crippen molar-refractivity contribution < 1.29 is 0 Å². The molecule has 2 rings (SSSR count). The Bertz CT molecular complexity index is 432. The van der Waals surface area contributed by atoms with Crippen molar-refractivity contribution in [3.63, 3.8) is 0 Å². The minimum atomic E-state index is 1.10. The van der Waals surface area contributed by atoms with Gasteiger partial charge in [0.05, 0.1) is 0 Å². The second-order valence-electron chi connectivity index (χ2n) is 3.26. The van der Waals surface area contributed by atoms with Gasteiger partial charge in [-0.2, -0.15) is 0 Å². The first kappa shape index (κ1) is 7.81. The van der Waals surface area contributed by atoms with Gasteiger partial charge < -0.3 is 0 Å². The van der Waals surface area contributed by atoms with Crippen LogP contribution < -0.4 is 9.75 Å². The lowest BCUT2D eigenvalue weighted by Crippen LogP contribution is -2.15. The largest absolute Gasteiger partial charge is 0.141 e.